The Kier molecular flexibility index (Phi) is 5.29. The maximum Gasteiger partial charge on any atom is 1.00 e. The molecule has 4 heteroatoms. The molecule has 1 fully saturated rings. The van der Waals surface area contributed by atoms with E-state index in [-0.39, 0.29) is 25.2 Å². The molecule has 0 amide bonds. The molecule has 1 aliphatic rings. The van der Waals surface area contributed by atoms with Crippen molar-refractivity contribution < 1.29 is 19.8 Å². The molecule has 0 saturated carbocycles. The predicted molar refractivity (Wildman–Crippen MR) is 32.0 cm³/mol. The van der Waals surface area contributed by atoms with E-state index in [0.29, 0.717) is 0 Å². The molecule has 1 heterocycles. The maximum atomic E-state index is 9.86. The van der Waals surface area contributed by atoms with Crippen LogP contribution in [0.1, 0.15) is 12.8 Å². The van der Waals surface area contributed by atoms with Gasteiger partial charge in [-0.25, -0.2) is 0 Å². The summed E-state index contributed by atoms with van der Waals surface area (Å²) in [5.41, 5.74) is 1.98. The van der Waals surface area contributed by atoms with Crippen LogP contribution in [0.25, 0.3) is 0 Å². The van der Waals surface area contributed by atoms with Gasteiger partial charge >= 0.3 is 19.8 Å². The molecule has 0 aromatic carbocycles. The SMILES string of the molecule is [O-]N[C@@H]1CCCS1.[Os+]. The van der Waals surface area contributed by atoms with Crippen molar-refractivity contribution in [1.82, 2.24) is 5.48 Å². The first kappa shape index (κ1) is 8.91. The van der Waals surface area contributed by atoms with E-state index in [2.05, 4.69) is 0 Å². The third-order valence-corrected chi connectivity index (χ3v) is 2.32. The average Bonchev–Trinajstić information content (AvgIpc) is 2.14. The van der Waals surface area contributed by atoms with Gasteiger partial charge in [-0.2, -0.15) is 0 Å². The summed E-state index contributed by atoms with van der Waals surface area (Å²) in [7, 11) is 0. The molecule has 1 radical (unpaired) electrons. The zero-order valence-electron chi connectivity index (χ0n) is 4.37. The van der Waals surface area contributed by atoms with Gasteiger partial charge in [0.05, 0.1) is 0 Å². The molecule has 2 nitrogen and oxygen atoms in total. The van der Waals surface area contributed by atoms with Crippen LogP contribution in [0, 0.1) is 5.21 Å². The second-order valence-corrected chi connectivity index (χ2v) is 2.93. The summed E-state index contributed by atoms with van der Waals surface area (Å²) in [6.07, 6.45) is 2.25. The second kappa shape index (κ2) is 4.75. The minimum atomic E-state index is 0. The number of hydrogen-bond acceptors (Lipinski definition) is 3. The Hall–Kier alpha value is 0.906. The molecule has 0 aromatic rings. The van der Waals surface area contributed by atoms with E-state index in [1.54, 1.807) is 11.8 Å². The van der Waals surface area contributed by atoms with Crippen LogP contribution in [0.5, 0.6) is 0 Å². The van der Waals surface area contributed by atoms with E-state index in [9.17, 15) is 5.21 Å². The number of thioether (sulfide) groups is 1. The second-order valence-electron chi connectivity index (χ2n) is 1.62. The van der Waals surface area contributed by atoms with Crippen molar-refractivity contribution in [2.45, 2.75) is 18.2 Å². The Bertz CT molecular complexity index is 58.0. The number of hydrogen-bond donors (Lipinski definition) is 1. The Morgan fingerprint density at radius 3 is 2.62 bits per heavy atom. The molecule has 0 aliphatic carbocycles. The standard InChI is InChI=1S/C4H8NOS.Os/c6-5-4-2-1-3-7-4;/h4-5H,1-3H2;/q-1;+1/t4-;/m0./s1. The van der Waals surface area contributed by atoms with Crippen LogP contribution in [0.2, 0.25) is 0 Å². The van der Waals surface area contributed by atoms with Crippen LogP contribution in [-0.2, 0) is 19.8 Å². The van der Waals surface area contributed by atoms with Crippen molar-refractivity contribution in [2.24, 2.45) is 0 Å². The van der Waals surface area contributed by atoms with Gasteiger partial charge in [0.15, 0.2) is 0 Å². The number of rotatable bonds is 1. The van der Waals surface area contributed by atoms with Crippen molar-refractivity contribution in [3.05, 3.63) is 5.21 Å². The summed E-state index contributed by atoms with van der Waals surface area (Å²) in [6.45, 7) is 0. The van der Waals surface area contributed by atoms with Gasteiger partial charge < -0.3 is 10.7 Å². The van der Waals surface area contributed by atoms with Crippen molar-refractivity contribution >= 4 is 11.8 Å². The normalized spacial score (nSPS) is 27.4. The third kappa shape index (κ3) is 2.46. The fourth-order valence-corrected chi connectivity index (χ4v) is 1.69. The first-order chi connectivity index (χ1) is 3.43. The van der Waals surface area contributed by atoms with Crippen molar-refractivity contribution in [3.63, 3.8) is 0 Å². The maximum absolute atomic E-state index is 9.86. The summed E-state index contributed by atoms with van der Waals surface area (Å²) in [4.78, 5) is 0. The molecule has 1 atom stereocenters. The first-order valence-electron chi connectivity index (χ1n) is 2.43. The Morgan fingerprint density at radius 1 is 1.62 bits per heavy atom. The molecule has 1 rings (SSSR count). The van der Waals surface area contributed by atoms with E-state index in [1.165, 1.54) is 6.42 Å². The van der Waals surface area contributed by atoms with Gasteiger partial charge in [0.25, 0.3) is 0 Å². The van der Waals surface area contributed by atoms with E-state index in [1.807, 2.05) is 5.48 Å². The molecule has 1 aliphatic heterocycles. The molecular formula is C4H8NOOsS. The largest absolute Gasteiger partial charge is 1.00 e. The summed E-state index contributed by atoms with van der Waals surface area (Å²) >= 11 is 1.72. The smallest absolute Gasteiger partial charge is 0.787 e. The van der Waals surface area contributed by atoms with Crippen molar-refractivity contribution in [2.75, 3.05) is 5.75 Å². The van der Waals surface area contributed by atoms with Crippen molar-refractivity contribution in [3.8, 4) is 0 Å². The topological polar surface area (TPSA) is 35.1 Å². The summed E-state index contributed by atoms with van der Waals surface area (Å²) in [6, 6.07) is 0. The molecule has 0 spiro atoms. The van der Waals surface area contributed by atoms with Crippen LogP contribution in [0.3, 0.4) is 0 Å². The zero-order chi connectivity index (χ0) is 5.11. The van der Waals surface area contributed by atoms with Gasteiger partial charge in [-0.1, -0.05) is 0 Å². The minimum absolute atomic E-state index is 0. The van der Waals surface area contributed by atoms with E-state index >= 15 is 0 Å². The van der Waals surface area contributed by atoms with Gasteiger partial charge in [0, 0.05) is 5.37 Å². The van der Waals surface area contributed by atoms with E-state index < -0.39 is 0 Å². The molecular weight excluding hydrogens is 300 g/mol. The summed E-state index contributed by atoms with van der Waals surface area (Å²) < 4.78 is 0. The average molecular weight is 308 g/mol. The van der Waals surface area contributed by atoms with Crippen LogP contribution >= 0.6 is 11.8 Å². The summed E-state index contributed by atoms with van der Waals surface area (Å²) in [5.74, 6) is 1.15. The Morgan fingerprint density at radius 2 is 2.38 bits per heavy atom. The van der Waals surface area contributed by atoms with Gasteiger partial charge in [-0.3, -0.25) is 0 Å². The zero-order valence-corrected chi connectivity index (χ0v) is 7.73. The van der Waals surface area contributed by atoms with Crippen LogP contribution < -0.4 is 5.48 Å². The van der Waals surface area contributed by atoms with Crippen molar-refractivity contribution in [1.29, 1.82) is 0 Å². The Balaban J connectivity index is 0.000000490. The molecule has 8 heavy (non-hydrogen) atoms. The van der Waals surface area contributed by atoms with Crippen LogP contribution in [0.4, 0.5) is 0 Å². The molecule has 1 saturated heterocycles. The summed E-state index contributed by atoms with van der Waals surface area (Å²) in [5, 5.41) is 10.1. The van der Waals surface area contributed by atoms with Gasteiger partial charge in [-0.15, -0.1) is 11.8 Å². The van der Waals surface area contributed by atoms with Gasteiger partial charge in [0.1, 0.15) is 0 Å². The minimum Gasteiger partial charge on any atom is -0.787 e. The molecule has 0 unspecified atom stereocenters. The fraction of sp³-hybridized carbons (Fsp3) is 1.00. The monoisotopic (exact) mass is 310 g/mol. The fourth-order valence-electron chi connectivity index (χ4n) is 0.671. The first-order valence-corrected chi connectivity index (χ1v) is 3.47. The predicted octanol–water partition coefficient (Wildman–Crippen LogP) is 0.924. The molecule has 49 valence electrons. The molecule has 1 N–H and O–H groups in total. The van der Waals surface area contributed by atoms with Crippen LogP contribution in [-0.4, -0.2) is 11.1 Å². The molecule has 0 aromatic heterocycles. The van der Waals surface area contributed by atoms with Gasteiger partial charge in [-0.05, 0) is 18.6 Å². The van der Waals surface area contributed by atoms with E-state index in [4.69, 9.17) is 0 Å². The van der Waals surface area contributed by atoms with Crippen LogP contribution in [0.15, 0.2) is 0 Å². The third-order valence-electron chi connectivity index (χ3n) is 1.06. The quantitative estimate of drug-likeness (QED) is 0.732. The molecule has 0 bridgehead atoms. The van der Waals surface area contributed by atoms with E-state index in [0.717, 1.165) is 12.2 Å². The van der Waals surface area contributed by atoms with Gasteiger partial charge in [0.2, 0.25) is 0 Å². The Labute approximate surface area is 66.4 Å². The number of hydroxylamine groups is 1. The number of nitrogens with one attached hydrogen (secondary N) is 1.